The van der Waals surface area contributed by atoms with Crippen LogP contribution in [0, 0.1) is 12.8 Å². The van der Waals surface area contributed by atoms with Gasteiger partial charge in [0.05, 0.1) is 5.69 Å². The van der Waals surface area contributed by atoms with Gasteiger partial charge in [0.25, 0.3) is 0 Å². The Morgan fingerprint density at radius 1 is 1.39 bits per heavy atom. The number of likely N-dealkylation sites (tertiary alicyclic amines) is 1. The summed E-state index contributed by atoms with van der Waals surface area (Å²) >= 11 is 0. The minimum atomic E-state index is 0.844. The Labute approximate surface area is 111 Å². The average Bonchev–Trinajstić information content (AvgIpc) is 2.42. The summed E-state index contributed by atoms with van der Waals surface area (Å²) in [6.45, 7) is 10.2. The van der Waals surface area contributed by atoms with Gasteiger partial charge in [0.15, 0.2) is 0 Å². The van der Waals surface area contributed by atoms with Crippen LogP contribution in [0.1, 0.15) is 31.0 Å². The number of aryl methyl sites for hydroxylation is 1. The molecule has 0 atom stereocenters. The van der Waals surface area contributed by atoms with Crippen LogP contribution in [-0.2, 0) is 6.54 Å². The first-order valence-corrected chi connectivity index (χ1v) is 7.13. The Morgan fingerprint density at radius 3 is 2.83 bits per heavy atom. The Bertz CT molecular complexity index is 357. The highest BCUT2D eigenvalue weighted by molar-refractivity contribution is 5.17. The van der Waals surface area contributed by atoms with Gasteiger partial charge in [-0.25, -0.2) is 0 Å². The molecule has 0 spiro atoms. The maximum atomic E-state index is 4.42. The van der Waals surface area contributed by atoms with Gasteiger partial charge in [-0.2, -0.15) is 0 Å². The molecule has 0 aliphatic carbocycles. The standard InChI is InChI=1S/C15H25N3/c1-3-18-9-6-14(7-10-18)11-16-12-15-13(2)5-4-8-17-15/h4-5,8,14,16H,3,6-7,9-12H2,1-2H3. The third-order valence-electron chi connectivity index (χ3n) is 4.00. The van der Waals surface area contributed by atoms with Crippen LogP contribution in [0.25, 0.3) is 0 Å². The predicted molar refractivity (Wildman–Crippen MR) is 75.5 cm³/mol. The molecule has 0 unspecified atom stereocenters. The van der Waals surface area contributed by atoms with E-state index >= 15 is 0 Å². The van der Waals surface area contributed by atoms with E-state index in [9.17, 15) is 0 Å². The van der Waals surface area contributed by atoms with Gasteiger partial charge >= 0.3 is 0 Å². The molecule has 18 heavy (non-hydrogen) atoms. The molecule has 100 valence electrons. The summed E-state index contributed by atoms with van der Waals surface area (Å²) in [4.78, 5) is 6.96. The quantitative estimate of drug-likeness (QED) is 0.864. The van der Waals surface area contributed by atoms with E-state index in [1.807, 2.05) is 12.3 Å². The van der Waals surface area contributed by atoms with E-state index in [0.717, 1.165) is 19.0 Å². The Hall–Kier alpha value is -0.930. The normalized spacial score (nSPS) is 18.1. The molecule has 1 aromatic heterocycles. The van der Waals surface area contributed by atoms with Crippen LogP contribution in [0.15, 0.2) is 18.3 Å². The van der Waals surface area contributed by atoms with Gasteiger partial charge in [-0.1, -0.05) is 13.0 Å². The molecule has 0 amide bonds. The van der Waals surface area contributed by atoms with Crippen LogP contribution in [0.4, 0.5) is 0 Å². The van der Waals surface area contributed by atoms with Crippen molar-refractivity contribution in [3.05, 3.63) is 29.6 Å². The van der Waals surface area contributed by atoms with E-state index in [1.165, 1.54) is 43.7 Å². The van der Waals surface area contributed by atoms with E-state index < -0.39 is 0 Å². The van der Waals surface area contributed by atoms with Crippen LogP contribution in [0.5, 0.6) is 0 Å². The Balaban J connectivity index is 1.69. The summed E-state index contributed by atoms with van der Waals surface area (Å²) in [6, 6.07) is 4.13. The molecule has 2 heterocycles. The van der Waals surface area contributed by atoms with Crippen molar-refractivity contribution in [1.29, 1.82) is 0 Å². The van der Waals surface area contributed by atoms with Crippen LogP contribution < -0.4 is 5.32 Å². The smallest absolute Gasteiger partial charge is 0.0570 e. The third-order valence-corrected chi connectivity index (χ3v) is 4.00. The fourth-order valence-electron chi connectivity index (χ4n) is 2.60. The number of piperidine rings is 1. The van der Waals surface area contributed by atoms with E-state index in [1.54, 1.807) is 0 Å². The van der Waals surface area contributed by atoms with E-state index in [0.29, 0.717) is 0 Å². The highest BCUT2D eigenvalue weighted by Gasteiger charge is 2.17. The van der Waals surface area contributed by atoms with Crippen molar-refractivity contribution in [2.75, 3.05) is 26.2 Å². The van der Waals surface area contributed by atoms with Crippen molar-refractivity contribution >= 4 is 0 Å². The Morgan fingerprint density at radius 2 is 2.17 bits per heavy atom. The summed E-state index contributed by atoms with van der Waals surface area (Å²) in [6.07, 6.45) is 4.55. The highest BCUT2D eigenvalue weighted by atomic mass is 15.1. The number of nitrogens with zero attached hydrogens (tertiary/aromatic N) is 2. The average molecular weight is 247 g/mol. The summed E-state index contributed by atoms with van der Waals surface area (Å²) in [5.41, 5.74) is 2.47. The lowest BCUT2D eigenvalue weighted by Gasteiger charge is -2.31. The van der Waals surface area contributed by atoms with Gasteiger partial charge in [0.1, 0.15) is 0 Å². The summed E-state index contributed by atoms with van der Waals surface area (Å²) in [5.74, 6) is 0.844. The molecule has 1 fully saturated rings. The number of rotatable bonds is 5. The third kappa shape index (κ3) is 3.79. The molecule has 1 saturated heterocycles. The molecule has 1 N–H and O–H groups in total. The topological polar surface area (TPSA) is 28.2 Å². The van der Waals surface area contributed by atoms with Crippen LogP contribution >= 0.6 is 0 Å². The second-order valence-corrected chi connectivity index (χ2v) is 5.28. The number of hydrogen-bond acceptors (Lipinski definition) is 3. The fraction of sp³-hybridized carbons (Fsp3) is 0.667. The number of hydrogen-bond donors (Lipinski definition) is 1. The lowest BCUT2D eigenvalue weighted by molar-refractivity contribution is 0.190. The van der Waals surface area contributed by atoms with Crippen molar-refractivity contribution < 1.29 is 0 Å². The second-order valence-electron chi connectivity index (χ2n) is 5.28. The molecular weight excluding hydrogens is 222 g/mol. The maximum absolute atomic E-state index is 4.42. The molecule has 0 bridgehead atoms. The SMILES string of the molecule is CCN1CCC(CNCc2ncccc2C)CC1. The van der Waals surface area contributed by atoms with E-state index in [-0.39, 0.29) is 0 Å². The highest BCUT2D eigenvalue weighted by Crippen LogP contribution is 2.16. The van der Waals surface area contributed by atoms with Crippen molar-refractivity contribution in [3.63, 3.8) is 0 Å². The number of nitrogens with one attached hydrogen (secondary N) is 1. The van der Waals surface area contributed by atoms with Crippen molar-refractivity contribution in [2.45, 2.75) is 33.2 Å². The number of pyridine rings is 1. The number of aromatic nitrogens is 1. The summed E-state index contributed by atoms with van der Waals surface area (Å²) in [7, 11) is 0. The first-order valence-electron chi connectivity index (χ1n) is 7.13. The zero-order valence-corrected chi connectivity index (χ0v) is 11.7. The van der Waals surface area contributed by atoms with E-state index in [4.69, 9.17) is 0 Å². The van der Waals surface area contributed by atoms with Crippen LogP contribution in [0.2, 0.25) is 0 Å². The molecule has 0 aromatic carbocycles. The minimum Gasteiger partial charge on any atom is -0.311 e. The fourth-order valence-corrected chi connectivity index (χ4v) is 2.60. The van der Waals surface area contributed by atoms with Gasteiger partial charge in [0.2, 0.25) is 0 Å². The first-order chi connectivity index (χ1) is 8.79. The monoisotopic (exact) mass is 247 g/mol. The van der Waals surface area contributed by atoms with Gasteiger partial charge in [-0.15, -0.1) is 0 Å². The van der Waals surface area contributed by atoms with Crippen LogP contribution in [-0.4, -0.2) is 36.1 Å². The lowest BCUT2D eigenvalue weighted by atomic mass is 9.97. The largest absolute Gasteiger partial charge is 0.311 e. The van der Waals surface area contributed by atoms with Crippen molar-refractivity contribution in [2.24, 2.45) is 5.92 Å². The minimum absolute atomic E-state index is 0.844. The van der Waals surface area contributed by atoms with E-state index in [2.05, 4.69) is 35.1 Å². The Kier molecular flexibility index (Phi) is 5.14. The molecule has 1 aromatic rings. The molecule has 0 radical (unpaired) electrons. The van der Waals surface area contributed by atoms with Crippen molar-refractivity contribution in [3.8, 4) is 0 Å². The molecule has 3 nitrogen and oxygen atoms in total. The van der Waals surface area contributed by atoms with Gasteiger partial charge in [0, 0.05) is 12.7 Å². The predicted octanol–water partition coefficient (Wildman–Crippen LogP) is 2.21. The molecular formula is C15H25N3. The van der Waals surface area contributed by atoms with Gasteiger partial charge < -0.3 is 10.2 Å². The molecule has 1 aliphatic heterocycles. The molecule has 0 saturated carbocycles. The second kappa shape index (κ2) is 6.86. The molecule has 3 heteroatoms. The van der Waals surface area contributed by atoms with Crippen molar-refractivity contribution in [1.82, 2.24) is 15.2 Å². The summed E-state index contributed by atoms with van der Waals surface area (Å²) in [5, 5.41) is 3.56. The molecule has 1 aliphatic rings. The van der Waals surface area contributed by atoms with Gasteiger partial charge in [-0.3, -0.25) is 4.98 Å². The van der Waals surface area contributed by atoms with Crippen LogP contribution in [0.3, 0.4) is 0 Å². The zero-order valence-electron chi connectivity index (χ0n) is 11.7. The summed E-state index contributed by atoms with van der Waals surface area (Å²) < 4.78 is 0. The zero-order chi connectivity index (χ0) is 12.8. The van der Waals surface area contributed by atoms with Gasteiger partial charge in [-0.05, 0) is 63.5 Å². The molecule has 2 rings (SSSR count). The lowest BCUT2D eigenvalue weighted by Crippen LogP contribution is -2.37. The first kappa shape index (κ1) is 13.5. The maximum Gasteiger partial charge on any atom is 0.0570 e.